The Morgan fingerprint density at radius 3 is 3.00 bits per heavy atom. The number of hydrogen-bond acceptors (Lipinski definition) is 5. The summed E-state index contributed by atoms with van der Waals surface area (Å²) in [6.45, 7) is 1.22. The van der Waals surface area contributed by atoms with Crippen molar-refractivity contribution in [1.82, 2.24) is 4.98 Å². The molecule has 1 atom stereocenters. The number of aromatic nitrogens is 1. The standard InChI is InChI=1S/C14H12N2O4S/c1-8-14(19)16(5-13(17)18)11-4-9(2-3-12(11)20-8)10-6-21-7-15-10/h2-4,6-8H,5H2,1H3,(H,17,18). The maximum atomic E-state index is 12.1. The van der Waals surface area contributed by atoms with Crippen molar-refractivity contribution < 1.29 is 19.4 Å². The topological polar surface area (TPSA) is 79.7 Å². The third-order valence-electron chi connectivity index (χ3n) is 3.19. The van der Waals surface area contributed by atoms with E-state index >= 15 is 0 Å². The molecule has 0 bridgehead atoms. The van der Waals surface area contributed by atoms with E-state index in [0.717, 1.165) is 11.3 Å². The predicted molar refractivity (Wildman–Crippen MR) is 77.6 cm³/mol. The van der Waals surface area contributed by atoms with Gasteiger partial charge < -0.3 is 9.84 Å². The van der Waals surface area contributed by atoms with Gasteiger partial charge in [0.05, 0.1) is 16.9 Å². The first kappa shape index (κ1) is 13.6. The molecule has 0 spiro atoms. The van der Waals surface area contributed by atoms with Gasteiger partial charge in [-0.1, -0.05) is 0 Å². The van der Waals surface area contributed by atoms with Crippen molar-refractivity contribution in [3.8, 4) is 17.0 Å². The van der Waals surface area contributed by atoms with Crippen LogP contribution in [0.15, 0.2) is 29.1 Å². The first-order valence-electron chi connectivity index (χ1n) is 6.28. The van der Waals surface area contributed by atoms with Gasteiger partial charge in [-0.25, -0.2) is 4.98 Å². The molecule has 108 valence electrons. The molecule has 3 rings (SSSR count). The molecular formula is C14H12N2O4S. The van der Waals surface area contributed by atoms with Gasteiger partial charge in [0.15, 0.2) is 6.10 Å². The zero-order valence-corrected chi connectivity index (χ0v) is 12.0. The number of amides is 1. The largest absolute Gasteiger partial charge is 0.480 e. The molecule has 21 heavy (non-hydrogen) atoms. The van der Waals surface area contributed by atoms with E-state index in [1.165, 1.54) is 16.2 Å². The van der Waals surface area contributed by atoms with Crippen LogP contribution in [0.3, 0.4) is 0 Å². The van der Waals surface area contributed by atoms with Gasteiger partial charge in [-0.3, -0.25) is 14.5 Å². The molecular weight excluding hydrogens is 292 g/mol. The second-order valence-electron chi connectivity index (χ2n) is 4.63. The maximum absolute atomic E-state index is 12.1. The fourth-order valence-corrected chi connectivity index (χ4v) is 2.78. The van der Waals surface area contributed by atoms with E-state index in [-0.39, 0.29) is 12.5 Å². The lowest BCUT2D eigenvalue weighted by molar-refractivity contribution is -0.137. The molecule has 1 aromatic carbocycles. The molecule has 1 unspecified atom stereocenters. The summed E-state index contributed by atoms with van der Waals surface area (Å²) >= 11 is 1.47. The van der Waals surface area contributed by atoms with E-state index in [1.807, 2.05) is 11.4 Å². The molecule has 6 nitrogen and oxygen atoms in total. The van der Waals surface area contributed by atoms with Gasteiger partial charge in [0.1, 0.15) is 12.3 Å². The number of rotatable bonds is 3. The molecule has 0 radical (unpaired) electrons. The Balaban J connectivity index is 2.07. The molecule has 0 saturated carbocycles. The number of nitrogens with zero attached hydrogens (tertiary/aromatic N) is 2. The molecule has 0 aliphatic carbocycles. The smallest absolute Gasteiger partial charge is 0.323 e. The number of fused-ring (bicyclic) bond motifs is 1. The summed E-state index contributed by atoms with van der Waals surface area (Å²) in [5, 5.41) is 10.9. The molecule has 1 aromatic heterocycles. The van der Waals surface area contributed by atoms with Gasteiger partial charge in [-0.2, -0.15) is 0 Å². The van der Waals surface area contributed by atoms with E-state index in [9.17, 15) is 9.59 Å². The van der Waals surface area contributed by atoms with E-state index in [1.54, 1.807) is 24.6 Å². The van der Waals surface area contributed by atoms with Crippen molar-refractivity contribution in [2.75, 3.05) is 11.4 Å². The van der Waals surface area contributed by atoms with Gasteiger partial charge >= 0.3 is 5.97 Å². The summed E-state index contributed by atoms with van der Waals surface area (Å²) in [4.78, 5) is 28.6. The second kappa shape index (κ2) is 5.17. The highest BCUT2D eigenvalue weighted by atomic mass is 32.1. The highest BCUT2D eigenvalue weighted by Gasteiger charge is 2.33. The van der Waals surface area contributed by atoms with E-state index in [2.05, 4.69) is 4.98 Å². The van der Waals surface area contributed by atoms with Crippen LogP contribution in [0, 0.1) is 0 Å². The van der Waals surface area contributed by atoms with Crippen molar-refractivity contribution in [2.45, 2.75) is 13.0 Å². The quantitative estimate of drug-likeness (QED) is 0.938. The van der Waals surface area contributed by atoms with Crippen LogP contribution >= 0.6 is 11.3 Å². The number of hydrogen-bond donors (Lipinski definition) is 1. The first-order valence-corrected chi connectivity index (χ1v) is 7.23. The third kappa shape index (κ3) is 2.47. The Hall–Kier alpha value is -2.41. The number of thiazole rings is 1. The normalized spacial score (nSPS) is 17.3. The number of benzene rings is 1. The molecule has 0 saturated heterocycles. The minimum Gasteiger partial charge on any atom is -0.480 e. The Kier molecular flexibility index (Phi) is 3.34. The zero-order chi connectivity index (χ0) is 15.0. The minimum atomic E-state index is -1.07. The van der Waals surface area contributed by atoms with Crippen LogP contribution in [0.4, 0.5) is 5.69 Å². The molecule has 1 amide bonds. The van der Waals surface area contributed by atoms with Crippen LogP contribution in [0.2, 0.25) is 0 Å². The van der Waals surface area contributed by atoms with Crippen molar-refractivity contribution in [3.63, 3.8) is 0 Å². The molecule has 2 heterocycles. The highest BCUT2D eigenvalue weighted by molar-refractivity contribution is 7.07. The van der Waals surface area contributed by atoms with E-state index in [0.29, 0.717) is 11.4 Å². The predicted octanol–water partition coefficient (Wildman–Crippen LogP) is 2.01. The van der Waals surface area contributed by atoms with Crippen molar-refractivity contribution in [1.29, 1.82) is 0 Å². The number of carboxylic acid groups (broad SMARTS) is 1. The molecule has 0 fully saturated rings. The number of anilines is 1. The Morgan fingerprint density at radius 2 is 2.33 bits per heavy atom. The monoisotopic (exact) mass is 304 g/mol. The average Bonchev–Trinajstić information content (AvgIpc) is 2.97. The van der Waals surface area contributed by atoms with E-state index < -0.39 is 12.1 Å². The summed E-state index contributed by atoms with van der Waals surface area (Å²) in [7, 11) is 0. The lowest BCUT2D eigenvalue weighted by atomic mass is 10.1. The maximum Gasteiger partial charge on any atom is 0.323 e. The van der Waals surface area contributed by atoms with Crippen molar-refractivity contribution >= 4 is 28.9 Å². The van der Waals surface area contributed by atoms with Gasteiger partial charge in [0.25, 0.3) is 5.91 Å². The SMILES string of the molecule is CC1Oc2ccc(-c3cscn3)cc2N(CC(=O)O)C1=O. The molecule has 2 aromatic rings. The van der Waals surface area contributed by atoms with Gasteiger partial charge in [-0.05, 0) is 25.1 Å². The zero-order valence-electron chi connectivity index (χ0n) is 11.1. The van der Waals surface area contributed by atoms with Gasteiger partial charge in [0.2, 0.25) is 0 Å². The summed E-state index contributed by atoms with van der Waals surface area (Å²) in [5.74, 6) is -0.926. The summed E-state index contributed by atoms with van der Waals surface area (Å²) in [6.07, 6.45) is -0.693. The number of carbonyl (C=O) groups is 2. The lowest BCUT2D eigenvalue weighted by Gasteiger charge is -2.32. The minimum absolute atomic E-state index is 0.361. The van der Waals surface area contributed by atoms with Crippen molar-refractivity contribution in [2.24, 2.45) is 0 Å². The van der Waals surface area contributed by atoms with Crippen LogP contribution < -0.4 is 9.64 Å². The molecule has 1 aliphatic heterocycles. The Bertz CT molecular complexity index is 699. The molecule has 1 N–H and O–H groups in total. The number of aliphatic carboxylic acids is 1. The van der Waals surface area contributed by atoms with Gasteiger partial charge in [0, 0.05) is 10.9 Å². The fourth-order valence-electron chi connectivity index (χ4n) is 2.22. The summed E-state index contributed by atoms with van der Waals surface area (Å²) < 4.78 is 5.53. The lowest BCUT2D eigenvalue weighted by Crippen LogP contribution is -2.46. The number of ether oxygens (including phenoxy) is 1. The van der Waals surface area contributed by atoms with E-state index in [4.69, 9.17) is 9.84 Å². The van der Waals surface area contributed by atoms with Crippen LogP contribution in [-0.4, -0.2) is 34.6 Å². The fraction of sp³-hybridized carbons (Fsp3) is 0.214. The molecule has 1 aliphatic rings. The van der Waals surface area contributed by atoms with Crippen LogP contribution in [-0.2, 0) is 9.59 Å². The number of carbonyl (C=O) groups excluding carboxylic acids is 1. The van der Waals surface area contributed by atoms with Crippen molar-refractivity contribution in [3.05, 3.63) is 29.1 Å². The third-order valence-corrected chi connectivity index (χ3v) is 3.78. The second-order valence-corrected chi connectivity index (χ2v) is 5.35. The van der Waals surface area contributed by atoms with Crippen LogP contribution in [0.25, 0.3) is 11.3 Å². The number of carboxylic acids is 1. The van der Waals surface area contributed by atoms with Crippen LogP contribution in [0.5, 0.6) is 5.75 Å². The summed E-state index contributed by atoms with van der Waals surface area (Å²) in [6, 6.07) is 5.31. The van der Waals surface area contributed by atoms with Gasteiger partial charge in [-0.15, -0.1) is 11.3 Å². The first-order chi connectivity index (χ1) is 10.1. The average molecular weight is 304 g/mol. The Morgan fingerprint density at radius 1 is 1.52 bits per heavy atom. The molecule has 7 heteroatoms. The summed E-state index contributed by atoms with van der Waals surface area (Å²) in [5.41, 5.74) is 3.78. The Labute approximate surface area is 124 Å². The van der Waals surface area contributed by atoms with Crippen LogP contribution in [0.1, 0.15) is 6.92 Å². The highest BCUT2D eigenvalue weighted by Crippen LogP contribution is 2.37.